The van der Waals surface area contributed by atoms with Crippen molar-refractivity contribution in [2.24, 2.45) is 5.92 Å². The van der Waals surface area contributed by atoms with Gasteiger partial charge in [-0.25, -0.2) is 4.79 Å². The molecule has 4 nitrogen and oxygen atoms in total. The van der Waals surface area contributed by atoms with Crippen LogP contribution < -0.4 is 0 Å². The van der Waals surface area contributed by atoms with E-state index in [0.29, 0.717) is 12.3 Å². The third kappa shape index (κ3) is 1.31. The lowest BCUT2D eigenvalue weighted by atomic mass is 9.72. The van der Waals surface area contributed by atoms with Crippen LogP contribution in [0.2, 0.25) is 0 Å². The Morgan fingerprint density at radius 3 is 2.72 bits per heavy atom. The molecule has 0 aromatic rings. The number of rotatable bonds is 3. The largest absolute Gasteiger partial charge is 0.479 e. The fourth-order valence-electron chi connectivity index (χ4n) is 4.43. The van der Waals surface area contributed by atoms with Gasteiger partial charge in [-0.2, -0.15) is 0 Å². The van der Waals surface area contributed by atoms with Crippen molar-refractivity contribution in [1.29, 1.82) is 0 Å². The predicted octanol–water partition coefficient (Wildman–Crippen LogP) is 2.11. The molecule has 2 aliphatic heterocycles. The molecular weight excluding hydrogens is 232 g/mol. The minimum absolute atomic E-state index is 0.0734. The molecule has 0 spiro atoms. The minimum Gasteiger partial charge on any atom is -0.479 e. The molecule has 2 aliphatic carbocycles. The molecule has 2 saturated carbocycles. The fraction of sp³-hybridized carbons (Fsp3) is 0.929. The Bertz CT molecular complexity index is 389. The third-order valence-electron chi connectivity index (χ3n) is 5.48. The molecular formula is C14H20O4. The van der Waals surface area contributed by atoms with E-state index in [0.717, 1.165) is 12.8 Å². The van der Waals surface area contributed by atoms with Crippen molar-refractivity contribution in [2.45, 2.75) is 74.8 Å². The monoisotopic (exact) mass is 252 g/mol. The summed E-state index contributed by atoms with van der Waals surface area (Å²) >= 11 is 0. The van der Waals surface area contributed by atoms with Gasteiger partial charge in [0, 0.05) is 0 Å². The first-order chi connectivity index (χ1) is 8.68. The highest BCUT2D eigenvalue weighted by molar-refractivity contribution is 5.84. The zero-order valence-electron chi connectivity index (χ0n) is 10.6. The van der Waals surface area contributed by atoms with Gasteiger partial charge in [0.05, 0.1) is 6.10 Å². The standard InChI is InChI=1S/C14H20O4/c15-12(16)13-7-6-10-11(17-10)14(13,18-13)8-9-4-2-1-3-5-9/h9-11H,1-8H2,(H,15,16). The second-order valence-electron chi connectivity index (χ2n) is 6.47. The number of hydrogen-bond donors (Lipinski definition) is 1. The molecule has 100 valence electrons. The summed E-state index contributed by atoms with van der Waals surface area (Å²) in [6, 6.07) is 0. The van der Waals surface area contributed by atoms with Gasteiger partial charge in [-0.15, -0.1) is 0 Å². The molecule has 0 bridgehead atoms. The van der Waals surface area contributed by atoms with Gasteiger partial charge in [-0.05, 0) is 25.2 Å². The van der Waals surface area contributed by atoms with E-state index >= 15 is 0 Å². The second-order valence-corrected chi connectivity index (χ2v) is 6.47. The number of aliphatic carboxylic acids is 1. The molecule has 0 aromatic carbocycles. The van der Waals surface area contributed by atoms with Crippen molar-refractivity contribution >= 4 is 5.97 Å². The highest BCUT2D eigenvalue weighted by Crippen LogP contribution is 2.66. The topological polar surface area (TPSA) is 62.4 Å². The van der Waals surface area contributed by atoms with Crippen LogP contribution in [0.3, 0.4) is 0 Å². The Morgan fingerprint density at radius 1 is 1.22 bits per heavy atom. The molecule has 4 rings (SSSR count). The summed E-state index contributed by atoms with van der Waals surface area (Å²) in [4.78, 5) is 11.5. The van der Waals surface area contributed by atoms with Gasteiger partial charge in [-0.3, -0.25) is 0 Å². The molecule has 0 amide bonds. The van der Waals surface area contributed by atoms with E-state index in [4.69, 9.17) is 9.47 Å². The van der Waals surface area contributed by atoms with E-state index < -0.39 is 17.2 Å². The molecule has 4 fully saturated rings. The van der Waals surface area contributed by atoms with Gasteiger partial charge in [0.25, 0.3) is 0 Å². The molecule has 2 heterocycles. The van der Waals surface area contributed by atoms with Crippen LogP contribution in [0, 0.1) is 5.92 Å². The first-order valence-corrected chi connectivity index (χ1v) is 7.27. The van der Waals surface area contributed by atoms with Crippen LogP contribution in [-0.2, 0) is 14.3 Å². The van der Waals surface area contributed by atoms with Crippen LogP contribution in [0.25, 0.3) is 0 Å². The predicted molar refractivity (Wildman–Crippen MR) is 63.3 cm³/mol. The highest BCUT2D eigenvalue weighted by Gasteiger charge is 2.85. The number of carboxylic acid groups (broad SMARTS) is 1. The summed E-state index contributed by atoms with van der Waals surface area (Å²) in [6.45, 7) is 0. The van der Waals surface area contributed by atoms with Gasteiger partial charge in [0.2, 0.25) is 0 Å². The maximum Gasteiger partial charge on any atom is 0.339 e. The van der Waals surface area contributed by atoms with Crippen molar-refractivity contribution in [3.8, 4) is 0 Å². The van der Waals surface area contributed by atoms with Crippen molar-refractivity contribution < 1.29 is 19.4 Å². The number of ether oxygens (including phenoxy) is 2. The van der Waals surface area contributed by atoms with Gasteiger partial charge in [-0.1, -0.05) is 32.1 Å². The average Bonchev–Trinajstić information content (AvgIpc) is 3.21. The Labute approximate surface area is 107 Å². The van der Waals surface area contributed by atoms with Crippen LogP contribution in [0.5, 0.6) is 0 Å². The number of hydrogen-bond acceptors (Lipinski definition) is 3. The van der Waals surface area contributed by atoms with Crippen molar-refractivity contribution in [2.75, 3.05) is 0 Å². The lowest BCUT2D eigenvalue weighted by Gasteiger charge is -2.27. The van der Waals surface area contributed by atoms with Crippen LogP contribution in [0.1, 0.15) is 51.4 Å². The van der Waals surface area contributed by atoms with Crippen LogP contribution in [0.15, 0.2) is 0 Å². The summed E-state index contributed by atoms with van der Waals surface area (Å²) < 4.78 is 11.5. The van der Waals surface area contributed by atoms with Crippen LogP contribution >= 0.6 is 0 Å². The zero-order valence-corrected chi connectivity index (χ0v) is 10.6. The van der Waals surface area contributed by atoms with Crippen molar-refractivity contribution in [3.63, 3.8) is 0 Å². The normalized spacial score (nSPS) is 50.2. The molecule has 18 heavy (non-hydrogen) atoms. The number of fused-ring (bicyclic) bond motifs is 3. The van der Waals surface area contributed by atoms with Crippen LogP contribution in [0.4, 0.5) is 0 Å². The first kappa shape index (κ1) is 11.2. The van der Waals surface area contributed by atoms with Crippen molar-refractivity contribution in [1.82, 2.24) is 0 Å². The number of carboxylic acids is 1. The van der Waals surface area contributed by atoms with Crippen molar-refractivity contribution in [3.05, 3.63) is 0 Å². The summed E-state index contributed by atoms with van der Waals surface area (Å²) in [7, 11) is 0. The SMILES string of the molecule is O=C(O)C12CCC3OC3C1(CC1CCCCC1)O2. The summed E-state index contributed by atoms with van der Waals surface area (Å²) in [6.07, 6.45) is 9.12. The lowest BCUT2D eigenvalue weighted by molar-refractivity contribution is -0.143. The summed E-state index contributed by atoms with van der Waals surface area (Å²) in [5, 5.41) is 9.49. The molecule has 4 heteroatoms. The van der Waals surface area contributed by atoms with E-state index in [1.807, 2.05) is 0 Å². The Hall–Kier alpha value is -0.610. The first-order valence-electron chi connectivity index (χ1n) is 7.27. The Kier molecular flexibility index (Phi) is 2.17. The van der Waals surface area contributed by atoms with Gasteiger partial charge < -0.3 is 14.6 Å². The molecule has 4 aliphatic rings. The molecule has 2 saturated heterocycles. The van der Waals surface area contributed by atoms with E-state index in [-0.39, 0.29) is 12.2 Å². The lowest BCUT2D eigenvalue weighted by Crippen LogP contribution is -2.43. The maximum atomic E-state index is 11.5. The molecule has 0 aromatic heterocycles. The van der Waals surface area contributed by atoms with Gasteiger partial charge in [0.15, 0.2) is 5.60 Å². The minimum atomic E-state index is -0.901. The van der Waals surface area contributed by atoms with Crippen LogP contribution in [-0.4, -0.2) is 34.5 Å². The quantitative estimate of drug-likeness (QED) is 0.781. The Morgan fingerprint density at radius 2 is 2.00 bits per heavy atom. The smallest absolute Gasteiger partial charge is 0.339 e. The van der Waals surface area contributed by atoms with Gasteiger partial charge >= 0.3 is 5.97 Å². The zero-order chi connectivity index (χ0) is 12.4. The molecule has 1 N–H and O–H groups in total. The summed E-state index contributed by atoms with van der Waals surface area (Å²) in [5.41, 5.74) is -1.37. The third-order valence-corrected chi connectivity index (χ3v) is 5.48. The number of carbonyl (C=O) groups is 1. The Balaban J connectivity index is 1.56. The van der Waals surface area contributed by atoms with E-state index in [9.17, 15) is 9.90 Å². The molecule has 4 unspecified atom stereocenters. The summed E-state index contributed by atoms with van der Waals surface area (Å²) in [5.74, 6) is -0.129. The fourth-order valence-corrected chi connectivity index (χ4v) is 4.43. The van der Waals surface area contributed by atoms with E-state index in [2.05, 4.69) is 0 Å². The van der Waals surface area contributed by atoms with E-state index in [1.165, 1.54) is 32.1 Å². The maximum absolute atomic E-state index is 11.5. The number of epoxide rings is 2. The van der Waals surface area contributed by atoms with E-state index in [1.54, 1.807) is 0 Å². The molecule has 4 atom stereocenters. The second kappa shape index (κ2) is 3.48. The molecule has 0 radical (unpaired) electrons. The van der Waals surface area contributed by atoms with Gasteiger partial charge in [0.1, 0.15) is 11.7 Å². The average molecular weight is 252 g/mol. The highest BCUT2D eigenvalue weighted by atomic mass is 16.7.